The molecule has 2 rings (SSSR count). The molecule has 1 aromatic rings. The number of hydrogen-bond acceptors (Lipinski definition) is 10. The summed E-state index contributed by atoms with van der Waals surface area (Å²) in [6, 6.07) is 3.16. The average molecular weight is 619 g/mol. The first-order chi connectivity index (χ1) is 15.4. The molecule has 0 saturated carbocycles. The van der Waals surface area contributed by atoms with E-state index in [1.807, 2.05) is 22.6 Å². The van der Waals surface area contributed by atoms with E-state index in [4.69, 9.17) is 51.6 Å². The summed E-state index contributed by atoms with van der Waals surface area (Å²) in [6.07, 6.45) is -6.63. The summed E-state index contributed by atoms with van der Waals surface area (Å²) in [4.78, 5) is 46.8. The molecule has 33 heavy (non-hydrogen) atoms. The highest BCUT2D eigenvalue weighted by Crippen LogP contribution is 2.38. The van der Waals surface area contributed by atoms with Gasteiger partial charge in [-0.15, -0.1) is 0 Å². The Morgan fingerprint density at radius 1 is 0.848 bits per heavy atom. The Morgan fingerprint density at radius 2 is 1.33 bits per heavy atom. The molecule has 1 heterocycles. The maximum absolute atomic E-state index is 11.8. The number of rotatable bonds is 7. The largest absolute Gasteiger partial charge is 0.463 e. The molecular formula is C20H21Cl2IO10. The standard InChI is InChI=1S/C20H21Cl2IO10/c1-8(24)28-7-15-17(29-9(2)25)18(30-10(3)26)19(31-11(4)27)20(32-15)33-16-13(21)5-12(23)6-14(16)22/h5-6,15,17-20H,7H2,1-4H3/t15?,17-,18?,19?,20-/m1/s1. The minimum atomic E-state index is -1.43. The lowest BCUT2D eigenvalue weighted by atomic mass is 9.98. The summed E-state index contributed by atoms with van der Waals surface area (Å²) in [5.74, 6) is -2.87. The van der Waals surface area contributed by atoms with Crippen molar-refractivity contribution in [3.05, 3.63) is 25.7 Å². The van der Waals surface area contributed by atoms with Crippen molar-refractivity contribution in [2.24, 2.45) is 0 Å². The molecule has 5 atom stereocenters. The van der Waals surface area contributed by atoms with Crippen LogP contribution in [-0.2, 0) is 42.9 Å². The Morgan fingerprint density at radius 3 is 1.82 bits per heavy atom. The van der Waals surface area contributed by atoms with Crippen LogP contribution in [0.1, 0.15) is 27.7 Å². The first-order valence-electron chi connectivity index (χ1n) is 9.50. The lowest BCUT2D eigenvalue weighted by molar-refractivity contribution is -0.288. The van der Waals surface area contributed by atoms with Gasteiger partial charge < -0.3 is 28.4 Å². The second-order valence-electron chi connectivity index (χ2n) is 6.88. The summed E-state index contributed by atoms with van der Waals surface area (Å²) >= 11 is 14.5. The van der Waals surface area contributed by atoms with E-state index in [1.54, 1.807) is 12.1 Å². The smallest absolute Gasteiger partial charge is 0.303 e. The van der Waals surface area contributed by atoms with Gasteiger partial charge >= 0.3 is 23.9 Å². The molecule has 1 aromatic carbocycles. The summed E-state index contributed by atoms with van der Waals surface area (Å²) in [5.41, 5.74) is 0. The van der Waals surface area contributed by atoms with E-state index in [9.17, 15) is 19.2 Å². The molecule has 0 aromatic heterocycles. The van der Waals surface area contributed by atoms with Crippen molar-refractivity contribution >= 4 is 69.7 Å². The fraction of sp³-hybridized carbons (Fsp3) is 0.500. The summed E-state index contributed by atoms with van der Waals surface area (Å²) in [6.45, 7) is 4.16. The van der Waals surface area contributed by atoms with Crippen LogP contribution >= 0.6 is 45.8 Å². The molecule has 1 aliphatic heterocycles. The lowest BCUT2D eigenvalue weighted by Crippen LogP contribution is -2.63. The molecule has 0 radical (unpaired) electrons. The van der Waals surface area contributed by atoms with Gasteiger partial charge in [-0.1, -0.05) is 23.2 Å². The van der Waals surface area contributed by atoms with E-state index in [2.05, 4.69) is 0 Å². The van der Waals surface area contributed by atoms with Crippen LogP contribution in [0.4, 0.5) is 0 Å². The third kappa shape index (κ3) is 7.87. The number of halogens is 3. The van der Waals surface area contributed by atoms with Gasteiger partial charge in [0, 0.05) is 31.3 Å². The van der Waals surface area contributed by atoms with Crippen LogP contribution in [0.3, 0.4) is 0 Å². The molecule has 0 spiro atoms. The van der Waals surface area contributed by atoms with Gasteiger partial charge in [-0.25, -0.2) is 0 Å². The summed E-state index contributed by atoms with van der Waals surface area (Å²) in [5, 5.41) is 0.277. The number of carbonyl (C=O) groups excluding carboxylic acids is 4. The van der Waals surface area contributed by atoms with Gasteiger partial charge in [-0.3, -0.25) is 19.2 Å². The minimum Gasteiger partial charge on any atom is -0.463 e. The molecule has 3 unspecified atom stereocenters. The molecule has 10 nitrogen and oxygen atoms in total. The van der Waals surface area contributed by atoms with Crippen molar-refractivity contribution in [1.29, 1.82) is 0 Å². The van der Waals surface area contributed by atoms with Crippen molar-refractivity contribution in [2.75, 3.05) is 6.61 Å². The van der Waals surface area contributed by atoms with E-state index in [1.165, 1.54) is 6.92 Å². The minimum absolute atomic E-state index is 0.0136. The Kier molecular flexibility index (Phi) is 10.0. The number of benzene rings is 1. The monoisotopic (exact) mass is 618 g/mol. The molecule has 1 saturated heterocycles. The van der Waals surface area contributed by atoms with Crippen LogP contribution in [0, 0.1) is 3.57 Å². The van der Waals surface area contributed by atoms with Crippen molar-refractivity contribution in [3.63, 3.8) is 0 Å². The number of ether oxygens (including phenoxy) is 6. The Labute approximate surface area is 213 Å². The number of esters is 4. The molecule has 0 aliphatic carbocycles. The van der Waals surface area contributed by atoms with Crippen molar-refractivity contribution in [2.45, 2.75) is 58.4 Å². The summed E-state index contributed by atoms with van der Waals surface area (Å²) < 4.78 is 33.4. The quantitative estimate of drug-likeness (QED) is 0.256. The lowest BCUT2D eigenvalue weighted by Gasteiger charge is -2.44. The molecule has 1 fully saturated rings. The van der Waals surface area contributed by atoms with Crippen LogP contribution in [0.5, 0.6) is 5.75 Å². The SMILES string of the molecule is CC(=O)OCC1O[C@H](Oc2c(Cl)cc(I)cc2Cl)C(OC(C)=O)C(OC(C)=O)[C@@H]1OC(C)=O. The zero-order valence-corrected chi connectivity index (χ0v) is 21.6. The maximum Gasteiger partial charge on any atom is 0.303 e. The van der Waals surface area contributed by atoms with Gasteiger partial charge in [0.25, 0.3) is 0 Å². The fourth-order valence-electron chi connectivity index (χ4n) is 3.04. The van der Waals surface area contributed by atoms with Crippen LogP contribution in [0.2, 0.25) is 10.0 Å². The third-order valence-corrected chi connectivity index (χ3v) is 5.33. The second kappa shape index (κ2) is 12.0. The Hall–Kier alpha value is -1.83. The summed E-state index contributed by atoms with van der Waals surface area (Å²) in [7, 11) is 0. The van der Waals surface area contributed by atoms with Crippen LogP contribution in [0.15, 0.2) is 12.1 Å². The highest BCUT2D eigenvalue weighted by molar-refractivity contribution is 14.1. The highest BCUT2D eigenvalue weighted by atomic mass is 127. The molecular weight excluding hydrogens is 598 g/mol. The molecule has 0 N–H and O–H groups in total. The molecule has 182 valence electrons. The van der Waals surface area contributed by atoms with Crippen molar-refractivity contribution in [1.82, 2.24) is 0 Å². The predicted molar refractivity (Wildman–Crippen MR) is 122 cm³/mol. The predicted octanol–water partition coefficient (Wildman–Crippen LogP) is 3.06. The Bertz CT molecular complexity index is 901. The zero-order chi connectivity index (χ0) is 24.9. The van der Waals surface area contributed by atoms with Gasteiger partial charge in [0.2, 0.25) is 12.4 Å². The molecule has 0 bridgehead atoms. The topological polar surface area (TPSA) is 124 Å². The van der Waals surface area contributed by atoms with Crippen LogP contribution in [-0.4, -0.2) is 61.2 Å². The van der Waals surface area contributed by atoms with Gasteiger partial charge in [0.15, 0.2) is 18.0 Å². The number of hydrogen-bond donors (Lipinski definition) is 0. The van der Waals surface area contributed by atoms with Gasteiger partial charge in [-0.2, -0.15) is 0 Å². The maximum atomic E-state index is 11.8. The van der Waals surface area contributed by atoms with Gasteiger partial charge in [0.1, 0.15) is 12.7 Å². The van der Waals surface area contributed by atoms with Crippen molar-refractivity contribution in [3.8, 4) is 5.75 Å². The highest BCUT2D eigenvalue weighted by Gasteiger charge is 2.53. The zero-order valence-electron chi connectivity index (χ0n) is 18.0. The van der Waals surface area contributed by atoms with E-state index < -0.39 is 54.6 Å². The van der Waals surface area contributed by atoms with E-state index in [0.717, 1.165) is 24.3 Å². The van der Waals surface area contributed by atoms with E-state index in [-0.39, 0.29) is 22.4 Å². The molecule has 13 heteroatoms. The Balaban J connectivity index is 2.52. The average Bonchev–Trinajstić information content (AvgIpc) is 2.66. The van der Waals surface area contributed by atoms with Gasteiger partial charge in [0.05, 0.1) is 10.0 Å². The van der Waals surface area contributed by atoms with Gasteiger partial charge in [-0.05, 0) is 34.7 Å². The molecule has 1 aliphatic rings. The van der Waals surface area contributed by atoms with Crippen molar-refractivity contribution < 1.29 is 47.6 Å². The number of carbonyl (C=O) groups is 4. The normalized spacial score (nSPS) is 24.4. The first kappa shape index (κ1) is 27.4. The van der Waals surface area contributed by atoms with E-state index >= 15 is 0 Å². The van der Waals surface area contributed by atoms with E-state index in [0.29, 0.717) is 0 Å². The first-order valence-corrected chi connectivity index (χ1v) is 11.3. The third-order valence-electron chi connectivity index (χ3n) is 4.15. The fourth-order valence-corrected chi connectivity index (χ4v) is 4.61. The molecule has 0 amide bonds. The van der Waals surface area contributed by atoms with Crippen LogP contribution in [0.25, 0.3) is 0 Å². The van der Waals surface area contributed by atoms with Crippen LogP contribution < -0.4 is 4.74 Å². The second-order valence-corrected chi connectivity index (χ2v) is 8.94.